The van der Waals surface area contributed by atoms with E-state index >= 15 is 0 Å². The van der Waals surface area contributed by atoms with Crippen LogP contribution in [0.25, 0.3) is 6.08 Å². The lowest BCUT2D eigenvalue weighted by molar-refractivity contribution is -0.112. The standard InChI is InChI=1S/C30H22Br2N2O3/c31-25-16-23(29(28(32)17-25)37-20-22-9-5-2-6-10-22)15-24(18-33)30(35)34-26-11-13-27(14-12-26)36-19-21-7-3-1-4-8-21/h1-17H,19-20H2,(H,34,35)/b24-15+. The van der Waals surface area contributed by atoms with Gasteiger partial charge in [-0.15, -0.1) is 0 Å². The quantitative estimate of drug-likeness (QED) is 0.153. The molecule has 0 aliphatic heterocycles. The van der Waals surface area contributed by atoms with E-state index in [4.69, 9.17) is 9.47 Å². The molecule has 0 atom stereocenters. The van der Waals surface area contributed by atoms with Gasteiger partial charge in [-0.3, -0.25) is 4.79 Å². The Morgan fingerprint density at radius 3 is 2.03 bits per heavy atom. The Morgan fingerprint density at radius 2 is 1.43 bits per heavy atom. The molecule has 0 aliphatic carbocycles. The number of carbonyl (C=O) groups is 1. The minimum Gasteiger partial charge on any atom is -0.489 e. The second-order valence-corrected chi connectivity index (χ2v) is 9.77. The van der Waals surface area contributed by atoms with Crippen LogP contribution in [0.4, 0.5) is 5.69 Å². The van der Waals surface area contributed by atoms with Gasteiger partial charge in [0.25, 0.3) is 5.91 Å². The van der Waals surface area contributed by atoms with Crippen LogP contribution in [0.5, 0.6) is 11.5 Å². The van der Waals surface area contributed by atoms with Gasteiger partial charge in [-0.25, -0.2) is 0 Å². The normalized spacial score (nSPS) is 10.9. The minimum absolute atomic E-state index is 0.0565. The summed E-state index contributed by atoms with van der Waals surface area (Å²) in [4.78, 5) is 12.9. The second-order valence-electron chi connectivity index (χ2n) is 8.00. The number of halogens is 2. The summed E-state index contributed by atoms with van der Waals surface area (Å²) in [6, 6.07) is 32.3. The Morgan fingerprint density at radius 1 is 0.838 bits per heavy atom. The summed E-state index contributed by atoms with van der Waals surface area (Å²) in [5, 5.41) is 12.5. The second kappa shape index (κ2) is 12.9. The monoisotopic (exact) mass is 616 g/mol. The number of anilines is 1. The van der Waals surface area contributed by atoms with Crippen LogP contribution in [0.3, 0.4) is 0 Å². The van der Waals surface area contributed by atoms with Crippen molar-refractivity contribution in [2.24, 2.45) is 0 Å². The molecule has 1 amide bonds. The van der Waals surface area contributed by atoms with Crippen LogP contribution in [0.15, 0.2) is 112 Å². The van der Waals surface area contributed by atoms with E-state index in [1.807, 2.05) is 72.8 Å². The van der Waals surface area contributed by atoms with Gasteiger partial charge in [-0.2, -0.15) is 5.26 Å². The summed E-state index contributed by atoms with van der Waals surface area (Å²) < 4.78 is 13.3. The molecule has 0 aliphatic rings. The van der Waals surface area contributed by atoms with E-state index in [0.717, 1.165) is 15.6 Å². The molecule has 0 spiro atoms. The molecular weight excluding hydrogens is 596 g/mol. The van der Waals surface area contributed by atoms with Gasteiger partial charge < -0.3 is 14.8 Å². The van der Waals surface area contributed by atoms with Crippen LogP contribution in [-0.2, 0) is 18.0 Å². The Balaban J connectivity index is 1.46. The average Bonchev–Trinajstić information content (AvgIpc) is 2.92. The number of nitrogens with zero attached hydrogens (tertiary/aromatic N) is 1. The van der Waals surface area contributed by atoms with Crippen LogP contribution in [0.1, 0.15) is 16.7 Å². The van der Waals surface area contributed by atoms with E-state index in [0.29, 0.717) is 40.4 Å². The van der Waals surface area contributed by atoms with Crippen molar-refractivity contribution in [2.45, 2.75) is 13.2 Å². The van der Waals surface area contributed by atoms with Gasteiger partial charge in [0.15, 0.2) is 0 Å². The highest BCUT2D eigenvalue weighted by atomic mass is 79.9. The van der Waals surface area contributed by atoms with Crippen molar-refractivity contribution < 1.29 is 14.3 Å². The maximum Gasteiger partial charge on any atom is 0.266 e. The van der Waals surface area contributed by atoms with E-state index in [9.17, 15) is 10.1 Å². The van der Waals surface area contributed by atoms with Crippen molar-refractivity contribution >= 4 is 49.5 Å². The molecule has 0 aromatic heterocycles. The number of ether oxygens (including phenoxy) is 2. The number of hydrogen-bond acceptors (Lipinski definition) is 4. The highest BCUT2D eigenvalue weighted by Crippen LogP contribution is 2.35. The van der Waals surface area contributed by atoms with Crippen LogP contribution in [0, 0.1) is 11.3 Å². The first-order chi connectivity index (χ1) is 18.0. The van der Waals surface area contributed by atoms with Crippen LogP contribution in [0.2, 0.25) is 0 Å². The maximum atomic E-state index is 12.9. The van der Waals surface area contributed by atoms with Crippen molar-refractivity contribution in [1.29, 1.82) is 5.26 Å². The molecule has 0 bridgehead atoms. The number of nitriles is 1. The number of nitrogens with one attached hydrogen (secondary N) is 1. The van der Waals surface area contributed by atoms with Gasteiger partial charge in [0.1, 0.15) is 36.4 Å². The molecule has 4 aromatic rings. The lowest BCUT2D eigenvalue weighted by Crippen LogP contribution is -2.13. The van der Waals surface area contributed by atoms with E-state index in [1.54, 1.807) is 30.3 Å². The third-order valence-corrected chi connectivity index (χ3v) is 6.34. The van der Waals surface area contributed by atoms with Gasteiger partial charge in [0.05, 0.1) is 4.47 Å². The number of carbonyl (C=O) groups excluding carboxylic acids is 1. The fourth-order valence-corrected chi connectivity index (χ4v) is 4.82. The third-order valence-electron chi connectivity index (χ3n) is 5.29. The topological polar surface area (TPSA) is 71.3 Å². The molecule has 4 rings (SSSR count). The summed E-state index contributed by atoms with van der Waals surface area (Å²) in [5.41, 5.74) is 3.15. The zero-order valence-electron chi connectivity index (χ0n) is 19.7. The highest BCUT2D eigenvalue weighted by molar-refractivity contribution is 9.11. The zero-order valence-corrected chi connectivity index (χ0v) is 22.8. The Labute approximate surface area is 232 Å². The van der Waals surface area contributed by atoms with Gasteiger partial charge in [-0.05, 0) is 69.5 Å². The first kappa shape index (κ1) is 26.2. The van der Waals surface area contributed by atoms with Gasteiger partial charge in [-0.1, -0.05) is 76.6 Å². The summed E-state index contributed by atoms with van der Waals surface area (Å²) in [6.45, 7) is 0.791. The Hall–Kier alpha value is -3.86. The third kappa shape index (κ3) is 7.56. The largest absolute Gasteiger partial charge is 0.489 e. The Kier molecular flexibility index (Phi) is 9.14. The first-order valence-corrected chi connectivity index (χ1v) is 13.0. The van der Waals surface area contributed by atoms with Gasteiger partial charge in [0, 0.05) is 15.7 Å². The summed E-state index contributed by atoms with van der Waals surface area (Å²) in [6.07, 6.45) is 1.52. The number of hydrogen-bond donors (Lipinski definition) is 1. The molecule has 184 valence electrons. The molecule has 1 N–H and O–H groups in total. The van der Waals surface area contributed by atoms with E-state index < -0.39 is 5.91 Å². The molecule has 7 heteroatoms. The summed E-state index contributed by atoms with van der Waals surface area (Å²) in [7, 11) is 0. The molecular formula is C30H22Br2N2O3. The van der Waals surface area contributed by atoms with Crippen molar-refractivity contribution in [3.63, 3.8) is 0 Å². The molecule has 0 saturated carbocycles. The predicted octanol–water partition coefficient (Wildman–Crippen LogP) is 7.92. The summed E-state index contributed by atoms with van der Waals surface area (Å²) in [5.74, 6) is 0.690. The van der Waals surface area contributed by atoms with Crippen LogP contribution < -0.4 is 14.8 Å². The van der Waals surface area contributed by atoms with E-state index in [1.165, 1.54) is 6.08 Å². The molecule has 0 heterocycles. The van der Waals surface area contributed by atoms with Crippen molar-refractivity contribution in [3.8, 4) is 17.6 Å². The average molecular weight is 618 g/mol. The Bertz CT molecular complexity index is 1430. The fraction of sp³-hybridized carbons (Fsp3) is 0.0667. The molecule has 0 fully saturated rings. The molecule has 5 nitrogen and oxygen atoms in total. The molecule has 37 heavy (non-hydrogen) atoms. The van der Waals surface area contributed by atoms with Crippen molar-refractivity contribution in [1.82, 2.24) is 0 Å². The smallest absolute Gasteiger partial charge is 0.266 e. The lowest BCUT2D eigenvalue weighted by Gasteiger charge is -2.13. The number of rotatable bonds is 9. The molecule has 0 unspecified atom stereocenters. The predicted molar refractivity (Wildman–Crippen MR) is 152 cm³/mol. The van der Waals surface area contributed by atoms with E-state index in [-0.39, 0.29) is 5.57 Å². The van der Waals surface area contributed by atoms with Gasteiger partial charge >= 0.3 is 0 Å². The number of benzene rings is 4. The fourth-order valence-electron chi connectivity index (χ4n) is 3.45. The molecule has 4 aromatic carbocycles. The lowest BCUT2D eigenvalue weighted by atomic mass is 10.1. The van der Waals surface area contributed by atoms with E-state index in [2.05, 4.69) is 37.2 Å². The number of amides is 1. The molecule has 0 saturated heterocycles. The minimum atomic E-state index is -0.523. The zero-order chi connectivity index (χ0) is 26.0. The summed E-state index contributed by atoms with van der Waals surface area (Å²) >= 11 is 7.00. The highest BCUT2D eigenvalue weighted by Gasteiger charge is 2.15. The van der Waals surface area contributed by atoms with Crippen LogP contribution >= 0.6 is 31.9 Å². The molecule has 0 radical (unpaired) electrons. The van der Waals surface area contributed by atoms with Crippen molar-refractivity contribution in [3.05, 3.63) is 128 Å². The first-order valence-electron chi connectivity index (χ1n) is 11.4. The van der Waals surface area contributed by atoms with Crippen molar-refractivity contribution in [2.75, 3.05) is 5.32 Å². The van der Waals surface area contributed by atoms with Crippen LogP contribution in [-0.4, -0.2) is 5.91 Å². The SMILES string of the molecule is N#C/C(=C\c1cc(Br)cc(Br)c1OCc1ccccc1)C(=O)Nc1ccc(OCc2ccccc2)cc1. The van der Waals surface area contributed by atoms with Gasteiger partial charge in [0.2, 0.25) is 0 Å². The maximum absolute atomic E-state index is 12.9.